The highest BCUT2D eigenvalue weighted by Gasteiger charge is 2.19. The average molecular weight is 213 g/mol. The third-order valence-electron chi connectivity index (χ3n) is 2.96. The first-order valence-corrected chi connectivity index (χ1v) is 5.82. The summed E-state index contributed by atoms with van der Waals surface area (Å²) in [5.74, 6) is 0.0731. The van der Waals surface area contributed by atoms with Crippen LogP contribution in [0.15, 0.2) is 0 Å². The number of likely N-dealkylation sites (N-methyl/N-ethyl adjacent to an activating group) is 1. The van der Waals surface area contributed by atoms with Gasteiger partial charge in [-0.25, -0.2) is 0 Å². The second-order valence-electron chi connectivity index (χ2n) is 4.62. The predicted molar refractivity (Wildman–Crippen MR) is 61.5 cm³/mol. The van der Waals surface area contributed by atoms with Crippen molar-refractivity contribution >= 4 is 5.91 Å². The molecule has 2 atom stereocenters. The molecule has 1 heterocycles. The maximum Gasteiger partial charge on any atom is 0.221 e. The first-order chi connectivity index (χ1) is 7.09. The smallest absolute Gasteiger partial charge is 0.221 e. The summed E-state index contributed by atoms with van der Waals surface area (Å²) in [6.07, 6.45) is 4.17. The van der Waals surface area contributed by atoms with Crippen LogP contribution in [0.1, 0.15) is 32.6 Å². The molecule has 0 aromatic carbocycles. The van der Waals surface area contributed by atoms with E-state index in [-0.39, 0.29) is 11.9 Å². The zero-order valence-corrected chi connectivity index (χ0v) is 9.83. The zero-order chi connectivity index (χ0) is 11.3. The minimum Gasteiger partial charge on any atom is -0.354 e. The molecule has 3 N–H and O–H groups in total. The number of amides is 1. The fraction of sp³-hybridized carbons (Fsp3) is 0.909. The maximum atomic E-state index is 11.4. The van der Waals surface area contributed by atoms with Crippen molar-refractivity contribution < 1.29 is 4.79 Å². The van der Waals surface area contributed by atoms with Crippen LogP contribution in [-0.2, 0) is 4.79 Å². The molecule has 0 aromatic heterocycles. The van der Waals surface area contributed by atoms with E-state index in [2.05, 4.69) is 17.3 Å². The molecule has 1 rings (SSSR count). The Kier molecular flexibility index (Phi) is 5.05. The maximum absolute atomic E-state index is 11.4. The van der Waals surface area contributed by atoms with E-state index < -0.39 is 0 Å². The molecule has 1 saturated heterocycles. The number of likely N-dealkylation sites (tertiary alicyclic amines) is 1. The molecule has 1 amide bonds. The summed E-state index contributed by atoms with van der Waals surface area (Å²) in [5.41, 5.74) is 5.56. The zero-order valence-electron chi connectivity index (χ0n) is 9.83. The third kappa shape index (κ3) is 4.62. The van der Waals surface area contributed by atoms with Gasteiger partial charge in [0.2, 0.25) is 5.91 Å². The molecule has 0 saturated carbocycles. The van der Waals surface area contributed by atoms with Gasteiger partial charge in [0.1, 0.15) is 0 Å². The lowest BCUT2D eigenvalue weighted by Gasteiger charge is -2.32. The molecule has 0 spiro atoms. The van der Waals surface area contributed by atoms with Gasteiger partial charge in [0.05, 0.1) is 0 Å². The summed E-state index contributed by atoms with van der Waals surface area (Å²) in [5, 5.41) is 2.95. The van der Waals surface area contributed by atoms with Crippen LogP contribution in [0.4, 0.5) is 0 Å². The van der Waals surface area contributed by atoms with E-state index in [1.807, 2.05) is 6.92 Å². The van der Waals surface area contributed by atoms with Crippen molar-refractivity contribution in [2.24, 2.45) is 5.73 Å². The number of nitrogens with zero attached hydrogens (tertiary/aromatic N) is 1. The molecular weight excluding hydrogens is 190 g/mol. The molecular formula is C11H23N3O. The average Bonchev–Trinajstić information content (AvgIpc) is 2.15. The van der Waals surface area contributed by atoms with Gasteiger partial charge < -0.3 is 16.0 Å². The first kappa shape index (κ1) is 12.5. The molecule has 88 valence electrons. The van der Waals surface area contributed by atoms with Crippen molar-refractivity contribution in [2.75, 3.05) is 20.1 Å². The summed E-state index contributed by atoms with van der Waals surface area (Å²) in [6, 6.07) is 0.463. The van der Waals surface area contributed by atoms with E-state index in [0.717, 1.165) is 13.1 Å². The normalized spacial score (nSPS) is 24.9. The Morgan fingerprint density at radius 3 is 2.93 bits per heavy atom. The summed E-state index contributed by atoms with van der Waals surface area (Å²) >= 11 is 0. The lowest BCUT2D eigenvalue weighted by molar-refractivity contribution is -0.121. The topological polar surface area (TPSA) is 58.4 Å². The molecule has 0 aromatic rings. The van der Waals surface area contributed by atoms with Crippen LogP contribution in [0.3, 0.4) is 0 Å². The van der Waals surface area contributed by atoms with E-state index in [0.29, 0.717) is 12.5 Å². The molecule has 0 radical (unpaired) electrons. The fourth-order valence-electron chi connectivity index (χ4n) is 2.00. The highest BCUT2D eigenvalue weighted by Crippen LogP contribution is 2.13. The first-order valence-electron chi connectivity index (χ1n) is 5.82. The van der Waals surface area contributed by atoms with E-state index >= 15 is 0 Å². The number of nitrogens with two attached hydrogens (primary N) is 1. The third-order valence-corrected chi connectivity index (χ3v) is 2.96. The standard InChI is InChI=1S/C11H23N3O/c1-9(12)7-11(15)13-8-10-5-3-4-6-14(10)2/h9-10H,3-8,12H2,1-2H3,(H,13,15). The molecule has 1 aliphatic rings. The molecule has 1 aliphatic heterocycles. The second-order valence-corrected chi connectivity index (χ2v) is 4.62. The Balaban J connectivity index is 2.20. The Labute approximate surface area is 92.2 Å². The van der Waals surface area contributed by atoms with Crippen LogP contribution in [-0.4, -0.2) is 43.0 Å². The minimum absolute atomic E-state index is 0.0471. The number of rotatable bonds is 4. The van der Waals surface area contributed by atoms with Crippen LogP contribution in [0.5, 0.6) is 0 Å². The van der Waals surface area contributed by atoms with Crippen molar-refractivity contribution in [3.8, 4) is 0 Å². The highest BCUT2D eigenvalue weighted by molar-refractivity contribution is 5.76. The lowest BCUT2D eigenvalue weighted by atomic mass is 10.0. The minimum atomic E-state index is -0.0471. The molecule has 1 fully saturated rings. The lowest BCUT2D eigenvalue weighted by Crippen LogP contribution is -2.45. The van der Waals surface area contributed by atoms with Gasteiger partial charge in [-0.05, 0) is 33.4 Å². The van der Waals surface area contributed by atoms with Crippen LogP contribution < -0.4 is 11.1 Å². The number of hydrogen-bond donors (Lipinski definition) is 2. The summed E-state index contributed by atoms with van der Waals surface area (Å²) in [6.45, 7) is 3.77. The summed E-state index contributed by atoms with van der Waals surface area (Å²) in [7, 11) is 2.13. The van der Waals surface area contributed by atoms with Gasteiger partial charge in [-0.15, -0.1) is 0 Å². The summed E-state index contributed by atoms with van der Waals surface area (Å²) < 4.78 is 0. The largest absolute Gasteiger partial charge is 0.354 e. The predicted octanol–water partition coefficient (Wildman–Crippen LogP) is 0.324. The van der Waals surface area contributed by atoms with E-state index in [4.69, 9.17) is 5.73 Å². The highest BCUT2D eigenvalue weighted by atomic mass is 16.1. The van der Waals surface area contributed by atoms with Crippen LogP contribution in [0, 0.1) is 0 Å². The molecule has 2 unspecified atom stereocenters. The Morgan fingerprint density at radius 2 is 2.33 bits per heavy atom. The van der Waals surface area contributed by atoms with Gasteiger partial charge in [0, 0.05) is 25.0 Å². The Hall–Kier alpha value is -0.610. The van der Waals surface area contributed by atoms with E-state index in [9.17, 15) is 4.79 Å². The van der Waals surface area contributed by atoms with Crippen molar-refractivity contribution in [1.82, 2.24) is 10.2 Å². The monoisotopic (exact) mass is 213 g/mol. The van der Waals surface area contributed by atoms with Crippen molar-refractivity contribution in [3.05, 3.63) is 0 Å². The van der Waals surface area contributed by atoms with Gasteiger partial charge in [-0.2, -0.15) is 0 Å². The number of carbonyl (C=O) groups is 1. The fourth-order valence-corrected chi connectivity index (χ4v) is 2.00. The van der Waals surface area contributed by atoms with Crippen molar-refractivity contribution in [1.29, 1.82) is 0 Å². The van der Waals surface area contributed by atoms with E-state index in [1.165, 1.54) is 19.3 Å². The van der Waals surface area contributed by atoms with Gasteiger partial charge in [-0.3, -0.25) is 4.79 Å². The van der Waals surface area contributed by atoms with Crippen LogP contribution in [0.2, 0.25) is 0 Å². The Bertz CT molecular complexity index is 206. The van der Waals surface area contributed by atoms with Gasteiger partial charge >= 0.3 is 0 Å². The molecule has 15 heavy (non-hydrogen) atoms. The number of carbonyl (C=O) groups excluding carboxylic acids is 1. The molecule has 0 bridgehead atoms. The molecule has 4 nitrogen and oxygen atoms in total. The number of nitrogens with one attached hydrogen (secondary N) is 1. The van der Waals surface area contributed by atoms with Gasteiger partial charge in [0.25, 0.3) is 0 Å². The number of piperidine rings is 1. The second kappa shape index (κ2) is 6.08. The molecule has 4 heteroatoms. The van der Waals surface area contributed by atoms with Crippen molar-refractivity contribution in [2.45, 2.75) is 44.7 Å². The van der Waals surface area contributed by atoms with Gasteiger partial charge in [-0.1, -0.05) is 6.42 Å². The van der Waals surface area contributed by atoms with E-state index in [1.54, 1.807) is 0 Å². The van der Waals surface area contributed by atoms with Crippen LogP contribution in [0.25, 0.3) is 0 Å². The molecule has 0 aliphatic carbocycles. The SMILES string of the molecule is CC(N)CC(=O)NCC1CCCCN1C. The quantitative estimate of drug-likeness (QED) is 0.707. The van der Waals surface area contributed by atoms with Crippen LogP contribution >= 0.6 is 0 Å². The van der Waals surface area contributed by atoms with Crippen molar-refractivity contribution in [3.63, 3.8) is 0 Å². The summed E-state index contributed by atoms with van der Waals surface area (Å²) in [4.78, 5) is 13.7. The number of hydrogen-bond acceptors (Lipinski definition) is 3. The van der Waals surface area contributed by atoms with Gasteiger partial charge in [0.15, 0.2) is 0 Å². The Morgan fingerprint density at radius 1 is 1.60 bits per heavy atom.